The molecule has 33 heavy (non-hydrogen) atoms. The smallest absolute Gasteiger partial charge is 0.387 e. The molecule has 1 unspecified atom stereocenters. The van der Waals surface area contributed by atoms with E-state index in [9.17, 15) is 13.6 Å². The van der Waals surface area contributed by atoms with Crippen molar-refractivity contribution in [3.63, 3.8) is 0 Å². The summed E-state index contributed by atoms with van der Waals surface area (Å²) in [6, 6.07) is 19.3. The van der Waals surface area contributed by atoms with Gasteiger partial charge in [-0.15, -0.1) is 0 Å². The van der Waals surface area contributed by atoms with E-state index in [1.165, 1.54) is 12.1 Å². The molecular formula is C25H22Cl2F2O4. The summed E-state index contributed by atoms with van der Waals surface area (Å²) in [5.74, 6) is -0.385. The number of carbonyl (C=O) groups excluding carboxylic acids is 1. The van der Waals surface area contributed by atoms with Gasteiger partial charge in [-0.3, -0.25) is 4.79 Å². The molecular weight excluding hydrogens is 473 g/mol. The first-order chi connectivity index (χ1) is 15.7. The summed E-state index contributed by atoms with van der Waals surface area (Å²) in [7, 11) is 0. The number of ether oxygens (including phenoxy) is 3. The van der Waals surface area contributed by atoms with E-state index < -0.39 is 18.5 Å². The van der Waals surface area contributed by atoms with Crippen LogP contribution in [0.2, 0.25) is 10.0 Å². The average Bonchev–Trinajstić information content (AvgIpc) is 2.75. The van der Waals surface area contributed by atoms with Gasteiger partial charge in [0.1, 0.15) is 18.1 Å². The van der Waals surface area contributed by atoms with Gasteiger partial charge in [0.25, 0.3) is 0 Å². The van der Waals surface area contributed by atoms with Crippen LogP contribution >= 0.6 is 23.2 Å². The van der Waals surface area contributed by atoms with Gasteiger partial charge in [-0.25, -0.2) is 0 Å². The molecule has 0 heterocycles. The number of para-hydroxylation sites is 1. The lowest BCUT2D eigenvalue weighted by atomic mass is 9.88. The maximum absolute atomic E-state index is 12.9. The highest BCUT2D eigenvalue weighted by molar-refractivity contribution is 6.37. The Morgan fingerprint density at radius 2 is 1.55 bits per heavy atom. The SMILES string of the molecule is CC(C)C(C(=O)OCc1cccc(Oc2ccccc2)c1)c1cc(Cl)c(OC(F)F)c(Cl)c1. The number of alkyl halides is 2. The number of benzene rings is 3. The first-order valence-electron chi connectivity index (χ1n) is 10.2. The molecule has 0 saturated carbocycles. The van der Waals surface area contributed by atoms with E-state index in [-0.39, 0.29) is 28.3 Å². The van der Waals surface area contributed by atoms with Crippen LogP contribution in [0.15, 0.2) is 66.7 Å². The zero-order valence-electron chi connectivity index (χ0n) is 17.9. The molecule has 0 spiro atoms. The van der Waals surface area contributed by atoms with Crippen molar-refractivity contribution in [2.45, 2.75) is 33.0 Å². The molecule has 0 aromatic heterocycles. The summed E-state index contributed by atoms with van der Waals surface area (Å²) in [5.41, 5.74) is 1.20. The van der Waals surface area contributed by atoms with E-state index in [0.29, 0.717) is 17.1 Å². The van der Waals surface area contributed by atoms with Crippen molar-refractivity contribution in [1.29, 1.82) is 0 Å². The number of hydrogen-bond donors (Lipinski definition) is 0. The first-order valence-corrected chi connectivity index (χ1v) is 10.9. The lowest BCUT2D eigenvalue weighted by Crippen LogP contribution is -2.21. The van der Waals surface area contributed by atoms with E-state index in [2.05, 4.69) is 4.74 Å². The molecule has 0 fully saturated rings. The minimum absolute atomic E-state index is 0.0298. The molecule has 0 bridgehead atoms. The Hall–Kier alpha value is -2.83. The largest absolute Gasteiger partial charge is 0.460 e. The molecule has 0 radical (unpaired) electrons. The van der Waals surface area contributed by atoms with Crippen LogP contribution in [-0.2, 0) is 16.1 Å². The lowest BCUT2D eigenvalue weighted by Gasteiger charge is -2.21. The summed E-state index contributed by atoms with van der Waals surface area (Å²) in [6.07, 6.45) is 0. The van der Waals surface area contributed by atoms with Crippen LogP contribution < -0.4 is 9.47 Å². The molecule has 0 amide bonds. The van der Waals surface area contributed by atoms with Gasteiger partial charge >= 0.3 is 12.6 Å². The molecule has 0 saturated heterocycles. The maximum atomic E-state index is 12.9. The van der Waals surface area contributed by atoms with Crippen LogP contribution in [0.3, 0.4) is 0 Å². The summed E-state index contributed by atoms with van der Waals surface area (Å²) in [6.45, 7) is 0.637. The monoisotopic (exact) mass is 494 g/mol. The van der Waals surface area contributed by atoms with Gasteiger partial charge in [-0.2, -0.15) is 8.78 Å². The van der Waals surface area contributed by atoms with Crippen LogP contribution in [0.1, 0.15) is 30.9 Å². The van der Waals surface area contributed by atoms with Crippen LogP contribution in [0, 0.1) is 5.92 Å². The van der Waals surface area contributed by atoms with Gasteiger partial charge < -0.3 is 14.2 Å². The highest BCUT2D eigenvalue weighted by atomic mass is 35.5. The Balaban J connectivity index is 1.72. The molecule has 8 heteroatoms. The fourth-order valence-corrected chi connectivity index (χ4v) is 3.91. The van der Waals surface area contributed by atoms with Gasteiger partial charge in [0.05, 0.1) is 16.0 Å². The zero-order valence-corrected chi connectivity index (χ0v) is 19.4. The van der Waals surface area contributed by atoms with E-state index >= 15 is 0 Å². The van der Waals surface area contributed by atoms with E-state index in [1.54, 1.807) is 6.07 Å². The summed E-state index contributed by atoms with van der Waals surface area (Å²) < 4.78 is 40.9. The third kappa shape index (κ3) is 6.83. The van der Waals surface area contributed by atoms with Gasteiger partial charge in [0.15, 0.2) is 5.75 Å². The Morgan fingerprint density at radius 3 is 2.15 bits per heavy atom. The fraction of sp³-hybridized carbons (Fsp3) is 0.240. The third-order valence-electron chi connectivity index (χ3n) is 4.77. The maximum Gasteiger partial charge on any atom is 0.387 e. The number of halogens is 4. The second-order valence-electron chi connectivity index (χ2n) is 7.58. The average molecular weight is 495 g/mol. The van der Waals surface area contributed by atoms with Gasteiger partial charge in [0.2, 0.25) is 0 Å². The van der Waals surface area contributed by atoms with Crippen molar-refractivity contribution in [2.75, 3.05) is 0 Å². The zero-order chi connectivity index (χ0) is 24.0. The lowest BCUT2D eigenvalue weighted by molar-refractivity contribution is -0.148. The van der Waals surface area contributed by atoms with Crippen LogP contribution in [0.5, 0.6) is 17.2 Å². The molecule has 174 valence electrons. The van der Waals surface area contributed by atoms with Crippen molar-refractivity contribution < 1.29 is 27.8 Å². The Labute approximate surface area is 201 Å². The van der Waals surface area contributed by atoms with Crippen molar-refractivity contribution in [3.8, 4) is 17.2 Å². The fourth-order valence-electron chi connectivity index (χ4n) is 3.32. The topological polar surface area (TPSA) is 44.8 Å². The second kappa shape index (κ2) is 11.3. The van der Waals surface area contributed by atoms with Crippen molar-refractivity contribution in [3.05, 3.63) is 87.9 Å². The van der Waals surface area contributed by atoms with E-state index in [0.717, 1.165) is 5.56 Å². The quantitative estimate of drug-likeness (QED) is 0.284. The molecule has 0 N–H and O–H groups in total. The molecule has 1 atom stereocenters. The van der Waals surface area contributed by atoms with Crippen LogP contribution in [0.4, 0.5) is 8.78 Å². The molecule has 4 nitrogen and oxygen atoms in total. The molecule has 3 rings (SSSR count). The molecule has 0 aliphatic carbocycles. The third-order valence-corrected chi connectivity index (χ3v) is 5.33. The highest BCUT2D eigenvalue weighted by Gasteiger charge is 2.28. The number of hydrogen-bond acceptors (Lipinski definition) is 4. The molecule has 3 aromatic carbocycles. The predicted octanol–water partition coefficient (Wildman–Crippen LogP) is 7.87. The second-order valence-corrected chi connectivity index (χ2v) is 8.40. The minimum Gasteiger partial charge on any atom is -0.460 e. The Kier molecular flexibility index (Phi) is 8.53. The van der Waals surface area contributed by atoms with Crippen molar-refractivity contribution in [2.24, 2.45) is 5.92 Å². The Bertz CT molecular complexity index is 1070. The number of esters is 1. The highest BCUT2D eigenvalue weighted by Crippen LogP contribution is 2.39. The summed E-state index contributed by atoms with van der Waals surface area (Å²) >= 11 is 12.2. The van der Waals surface area contributed by atoms with Crippen LogP contribution in [-0.4, -0.2) is 12.6 Å². The Morgan fingerprint density at radius 1 is 0.909 bits per heavy atom. The standard InChI is InChI=1S/C25H22Cl2F2O4/c1-15(2)22(17-12-20(26)23(21(27)13-17)33-25(28)29)24(30)31-14-16-7-6-10-19(11-16)32-18-8-4-3-5-9-18/h3-13,15,22,25H,14H2,1-2H3. The minimum atomic E-state index is -3.07. The van der Waals surface area contributed by atoms with E-state index in [1.807, 2.05) is 62.4 Å². The number of carbonyl (C=O) groups is 1. The van der Waals surface area contributed by atoms with Crippen molar-refractivity contribution in [1.82, 2.24) is 0 Å². The van der Waals surface area contributed by atoms with E-state index in [4.69, 9.17) is 32.7 Å². The molecule has 3 aromatic rings. The summed E-state index contributed by atoms with van der Waals surface area (Å²) in [4.78, 5) is 12.9. The van der Waals surface area contributed by atoms with Gasteiger partial charge in [0, 0.05) is 0 Å². The first kappa shape index (κ1) is 24.8. The predicted molar refractivity (Wildman–Crippen MR) is 123 cm³/mol. The normalized spacial score (nSPS) is 12.0. The summed E-state index contributed by atoms with van der Waals surface area (Å²) in [5, 5.41) is -0.218. The molecule has 0 aliphatic rings. The van der Waals surface area contributed by atoms with Crippen LogP contribution in [0.25, 0.3) is 0 Å². The molecule has 0 aliphatic heterocycles. The number of rotatable bonds is 9. The van der Waals surface area contributed by atoms with Gasteiger partial charge in [-0.1, -0.05) is 67.4 Å². The van der Waals surface area contributed by atoms with Crippen molar-refractivity contribution >= 4 is 29.2 Å². The van der Waals surface area contributed by atoms with Gasteiger partial charge in [-0.05, 0) is 53.4 Å².